The number of benzene rings is 10. The molecule has 2 aliphatic carbocycles. The van der Waals surface area contributed by atoms with E-state index in [9.17, 15) is 0 Å². The highest BCUT2D eigenvalue weighted by atomic mass is 15.2. The lowest BCUT2D eigenvalue weighted by Crippen LogP contribution is -2.28. The third-order valence-electron chi connectivity index (χ3n) is 14.0. The minimum atomic E-state index is -0.539. The maximum absolute atomic E-state index is 2.61. The van der Waals surface area contributed by atoms with Gasteiger partial charge in [-0.15, -0.1) is 0 Å². The van der Waals surface area contributed by atoms with Gasteiger partial charge in [-0.05, 0) is 90.2 Å². The van der Waals surface area contributed by atoms with Crippen molar-refractivity contribution in [3.8, 4) is 44.5 Å². The topological polar surface area (TPSA) is 3.24 Å². The summed E-state index contributed by atoms with van der Waals surface area (Å²) in [5, 5.41) is 2.47. The van der Waals surface area contributed by atoms with E-state index < -0.39 is 5.41 Å². The molecule has 1 heteroatoms. The molecule has 0 saturated carbocycles. The Morgan fingerprint density at radius 3 is 1.38 bits per heavy atom. The predicted molar refractivity (Wildman–Crippen MR) is 264 cm³/mol. The largest absolute Gasteiger partial charge is 0.309 e. The van der Waals surface area contributed by atoms with Crippen molar-refractivity contribution < 1.29 is 0 Å². The number of anilines is 3. The van der Waals surface area contributed by atoms with Crippen LogP contribution in [-0.4, -0.2) is 0 Å². The molecule has 0 aliphatic heterocycles. The van der Waals surface area contributed by atoms with Crippen molar-refractivity contribution in [2.24, 2.45) is 0 Å². The summed E-state index contributed by atoms with van der Waals surface area (Å²) in [4.78, 5) is 2.61. The van der Waals surface area contributed by atoms with Crippen molar-refractivity contribution in [3.05, 3.63) is 270 Å². The van der Waals surface area contributed by atoms with Crippen LogP contribution in [0.2, 0.25) is 0 Å². The second kappa shape index (κ2) is 14.4. The van der Waals surface area contributed by atoms with Gasteiger partial charge in [0.1, 0.15) is 0 Å². The fraction of sp³-hybridized carbons (Fsp3) is 0.0645. The molecular formula is C62H45N. The van der Waals surface area contributed by atoms with Crippen LogP contribution in [0.1, 0.15) is 47.2 Å². The van der Waals surface area contributed by atoms with Crippen LogP contribution in [0.5, 0.6) is 0 Å². The third-order valence-corrected chi connectivity index (χ3v) is 14.0. The molecule has 0 spiro atoms. The first kappa shape index (κ1) is 37.1. The Hall–Kier alpha value is -7.74. The summed E-state index contributed by atoms with van der Waals surface area (Å²) in [6.45, 7) is 4.76. The minimum absolute atomic E-state index is 0.172. The number of hydrogen-bond donors (Lipinski definition) is 0. The monoisotopic (exact) mass is 803 g/mol. The van der Waals surface area contributed by atoms with Crippen LogP contribution in [0.25, 0.3) is 55.3 Å². The highest BCUT2D eigenvalue weighted by molar-refractivity contribution is 6.10. The molecule has 0 bridgehead atoms. The Bertz CT molecular complexity index is 3320. The molecule has 298 valence electrons. The maximum atomic E-state index is 2.61. The molecular weight excluding hydrogens is 759 g/mol. The zero-order chi connectivity index (χ0) is 42.1. The van der Waals surface area contributed by atoms with Gasteiger partial charge < -0.3 is 4.90 Å². The van der Waals surface area contributed by atoms with Gasteiger partial charge in [0.2, 0.25) is 0 Å². The molecule has 0 fully saturated rings. The summed E-state index contributed by atoms with van der Waals surface area (Å²) in [5.41, 5.74) is 20.4. The lowest BCUT2D eigenvalue weighted by molar-refractivity contribution is 0.660. The Kier molecular flexibility index (Phi) is 8.49. The summed E-state index contributed by atoms with van der Waals surface area (Å²) in [6.07, 6.45) is 0. The SMILES string of the molecule is CC1(C)c2ccccc2-c2c(N(c3ccccc3-c3cccc4cccc(-c5ccccc5)c34)c3cccc4c3-c3ccccc3C4(c3ccccc3)c3ccccc3)cccc21. The maximum Gasteiger partial charge on any atom is 0.0714 e. The first-order chi connectivity index (χ1) is 31.1. The summed E-state index contributed by atoms with van der Waals surface area (Å²) in [5.74, 6) is 0. The molecule has 63 heavy (non-hydrogen) atoms. The molecule has 0 aromatic heterocycles. The van der Waals surface area contributed by atoms with Gasteiger partial charge in [-0.1, -0.05) is 232 Å². The molecule has 2 aliphatic rings. The molecule has 10 aromatic carbocycles. The Labute approximate surface area is 370 Å². The molecule has 0 unspecified atom stereocenters. The summed E-state index contributed by atoms with van der Waals surface area (Å²) in [6, 6.07) is 87.9. The molecule has 0 amide bonds. The standard InChI is InChI=1S/C62H45N/c1-61(2)51-35-15-12-31-49(51)59-53(61)37-20-40-56(59)63(55-39-17-14-30-47(55)48-34-19-25-43-24-18-33-46(58(43)48)42-22-6-3-7-23-42)57-41-21-38-54-60(57)50-32-13-16-36-52(50)62(54,44-26-8-4-9-27-44)45-28-10-5-11-29-45/h3-41H,1-2H3. The molecule has 12 rings (SSSR count). The van der Waals surface area contributed by atoms with Crippen LogP contribution >= 0.6 is 0 Å². The van der Waals surface area contributed by atoms with E-state index in [1.165, 1.54) is 94.3 Å². The van der Waals surface area contributed by atoms with E-state index >= 15 is 0 Å². The Morgan fingerprint density at radius 2 is 0.730 bits per heavy atom. The van der Waals surface area contributed by atoms with Crippen LogP contribution < -0.4 is 4.90 Å². The van der Waals surface area contributed by atoms with E-state index in [0.717, 1.165) is 11.4 Å². The van der Waals surface area contributed by atoms with Gasteiger partial charge in [-0.25, -0.2) is 0 Å². The van der Waals surface area contributed by atoms with E-state index in [0.29, 0.717) is 0 Å². The van der Waals surface area contributed by atoms with Crippen molar-refractivity contribution >= 4 is 27.8 Å². The quantitative estimate of drug-likeness (QED) is 0.155. The third kappa shape index (κ3) is 5.43. The summed E-state index contributed by atoms with van der Waals surface area (Å²) < 4.78 is 0. The number of rotatable bonds is 7. The fourth-order valence-corrected chi connectivity index (χ4v) is 11.3. The molecule has 0 heterocycles. The van der Waals surface area contributed by atoms with E-state index in [-0.39, 0.29) is 5.41 Å². The second-order valence-electron chi connectivity index (χ2n) is 17.5. The first-order valence-electron chi connectivity index (χ1n) is 22.1. The van der Waals surface area contributed by atoms with E-state index in [1.807, 2.05) is 0 Å². The highest BCUT2D eigenvalue weighted by Crippen LogP contribution is 2.61. The lowest BCUT2D eigenvalue weighted by atomic mass is 9.68. The zero-order valence-corrected chi connectivity index (χ0v) is 35.5. The number of hydrogen-bond acceptors (Lipinski definition) is 1. The minimum Gasteiger partial charge on any atom is -0.309 e. The van der Waals surface area contributed by atoms with Crippen LogP contribution in [0.3, 0.4) is 0 Å². The lowest BCUT2D eigenvalue weighted by Gasteiger charge is -2.35. The van der Waals surface area contributed by atoms with Gasteiger partial charge in [0.25, 0.3) is 0 Å². The summed E-state index contributed by atoms with van der Waals surface area (Å²) in [7, 11) is 0. The molecule has 0 atom stereocenters. The van der Waals surface area contributed by atoms with Crippen LogP contribution in [-0.2, 0) is 10.8 Å². The van der Waals surface area contributed by atoms with Crippen molar-refractivity contribution in [3.63, 3.8) is 0 Å². The van der Waals surface area contributed by atoms with E-state index in [1.54, 1.807) is 0 Å². The zero-order valence-electron chi connectivity index (χ0n) is 35.5. The molecule has 1 nitrogen and oxygen atoms in total. The molecule has 0 radical (unpaired) electrons. The number of para-hydroxylation sites is 1. The van der Waals surface area contributed by atoms with Gasteiger partial charge in [0, 0.05) is 22.1 Å². The van der Waals surface area contributed by atoms with Crippen molar-refractivity contribution in [1.82, 2.24) is 0 Å². The first-order valence-corrected chi connectivity index (χ1v) is 22.1. The van der Waals surface area contributed by atoms with Gasteiger partial charge in [-0.2, -0.15) is 0 Å². The Balaban J connectivity index is 1.21. The van der Waals surface area contributed by atoms with Crippen molar-refractivity contribution in [1.29, 1.82) is 0 Å². The normalized spacial score (nSPS) is 13.8. The van der Waals surface area contributed by atoms with Gasteiger partial charge in [0.05, 0.1) is 22.5 Å². The Morgan fingerprint density at radius 1 is 0.302 bits per heavy atom. The van der Waals surface area contributed by atoms with Crippen molar-refractivity contribution in [2.45, 2.75) is 24.7 Å². The average Bonchev–Trinajstić information content (AvgIpc) is 3.79. The average molecular weight is 804 g/mol. The van der Waals surface area contributed by atoms with Gasteiger partial charge in [0.15, 0.2) is 0 Å². The summed E-state index contributed by atoms with van der Waals surface area (Å²) >= 11 is 0. The van der Waals surface area contributed by atoms with Crippen molar-refractivity contribution in [2.75, 3.05) is 4.90 Å². The fourth-order valence-electron chi connectivity index (χ4n) is 11.3. The predicted octanol–water partition coefficient (Wildman–Crippen LogP) is 16.3. The molecule has 0 N–H and O–H groups in total. The molecule has 0 saturated heterocycles. The number of fused-ring (bicyclic) bond motifs is 7. The number of nitrogens with zero attached hydrogens (tertiary/aromatic N) is 1. The van der Waals surface area contributed by atoms with Crippen LogP contribution in [0, 0.1) is 0 Å². The van der Waals surface area contributed by atoms with Crippen LogP contribution in [0.4, 0.5) is 17.1 Å². The highest BCUT2D eigenvalue weighted by Gasteiger charge is 2.48. The van der Waals surface area contributed by atoms with Gasteiger partial charge in [-0.3, -0.25) is 0 Å². The second-order valence-corrected chi connectivity index (χ2v) is 17.5. The van der Waals surface area contributed by atoms with E-state index in [2.05, 4.69) is 255 Å². The van der Waals surface area contributed by atoms with Crippen LogP contribution in [0.15, 0.2) is 237 Å². The smallest absolute Gasteiger partial charge is 0.0714 e. The molecule has 10 aromatic rings. The van der Waals surface area contributed by atoms with Gasteiger partial charge >= 0.3 is 0 Å². The van der Waals surface area contributed by atoms with E-state index in [4.69, 9.17) is 0 Å².